The van der Waals surface area contributed by atoms with E-state index in [2.05, 4.69) is 15.0 Å². The van der Waals surface area contributed by atoms with Gasteiger partial charge in [0.15, 0.2) is 5.60 Å². The second kappa shape index (κ2) is 9.63. The lowest BCUT2D eigenvalue weighted by Crippen LogP contribution is -2.47. The predicted molar refractivity (Wildman–Crippen MR) is 111 cm³/mol. The quantitative estimate of drug-likeness (QED) is 0.401. The fourth-order valence-corrected chi connectivity index (χ4v) is 4.12. The molecule has 0 spiro atoms. The van der Waals surface area contributed by atoms with Crippen molar-refractivity contribution < 1.29 is 45.7 Å². The highest BCUT2D eigenvalue weighted by atomic mass is 19.4. The number of amides is 1. The Kier molecular flexibility index (Phi) is 7.34. The van der Waals surface area contributed by atoms with Gasteiger partial charge in [-0.3, -0.25) is 9.78 Å². The van der Waals surface area contributed by atoms with E-state index >= 15 is 0 Å². The summed E-state index contributed by atoms with van der Waals surface area (Å²) in [5, 5.41) is 11.8. The zero-order valence-corrected chi connectivity index (χ0v) is 18.7. The first-order chi connectivity index (χ1) is 16.2. The van der Waals surface area contributed by atoms with Crippen molar-refractivity contribution in [2.24, 2.45) is 11.7 Å². The van der Waals surface area contributed by atoms with E-state index < -0.39 is 60.0 Å². The van der Waals surface area contributed by atoms with Crippen molar-refractivity contribution in [3.05, 3.63) is 53.1 Å². The summed E-state index contributed by atoms with van der Waals surface area (Å²) in [6, 6.07) is 4.40. The topological polar surface area (TPSA) is 107 Å². The van der Waals surface area contributed by atoms with Gasteiger partial charge in [0.25, 0.3) is 5.91 Å². The van der Waals surface area contributed by atoms with Gasteiger partial charge in [0.2, 0.25) is 0 Å². The normalized spacial score (nSPS) is 25.5. The number of halogens is 6. The molecule has 192 valence electrons. The molecule has 1 aromatic heterocycles. The van der Waals surface area contributed by atoms with Crippen LogP contribution in [-0.2, 0) is 9.53 Å². The number of carbonyl (C=O) groups excluding carboxylic acids is 1. The summed E-state index contributed by atoms with van der Waals surface area (Å²) in [5.41, 5.74) is 1.92. The van der Waals surface area contributed by atoms with Crippen LogP contribution in [0.1, 0.15) is 42.8 Å². The Hall–Kier alpha value is -2.90. The van der Waals surface area contributed by atoms with Gasteiger partial charge >= 0.3 is 12.8 Å². The number of nitrogens with zero attached hydrogens (tertiary/aromatic N) is 1. The van der Waals surface area contributed by atoms with Crippen LogP contribution in [0.15, 0.2) is 30.5 Å². The van der Waals surface area contributed by atoms with Gasteiger partial charge in [0.05, 0.1) is 5.69 Å². The number of hydrogen-bond acceptors (Lipinski definition) is 6. The zero-order chi connectivity index (χ0) is 26.3. The molecule has 1 fully saturated rings. The number of aromatic nitrogens is 1. The van der Waals surface area contributed by atoms with E-state index in [9.17, 15) is 36.2 Å². The molecule has 35 heavy (non-hydrogen) atoms. The summed E-state index contributed by atoms with van der Waals surface area (Å²) in [6.45, 7) is -0.361. The summed E-state index contributed by atoms with van der Waals surface area (Å²) in [4.78, 5) is 16.9. The maximum atomic E-state index is 14.1. The number of carbonyl (C=O) groups is 1. The monoisotopic (exact) mass is 507 g/mol. The number of nitrogens with one attached hydrogen (secondary N) is 1. The van der Waals surface area contributed by atoms with Gasteiger partial charge in [0.1, 0.15) is 23.9 Å². The Morgan fingerprint density at radius 2 is 1.97 bits per heavy atom. The summed E-state index contributed by atoms with van der Waals surface area (Å²) >= 11 is 0. The molecule has 0 radical (unpaired) electrons. The average molecular weight is 507 g/mol. The molecule has 2 heterocycles. The van der Waals surface area contributed by atoms with Gasteiger partial charge in [-0.25, -0.2) is 4.39 Å². The predicted octanol–water partition coefficient (Wildman–Crippen LogP) is 4.16. The molecule has 3 rings (SSSR count). The molecule has 5 atom stereocenters. The van der Waals surface area contributed by atoms with E-state index in [1.54, 1.807) is 0 Å². The Morgan fingerprint density at radius 3 is 2.54 bits per heavy atom. The molecular formula is C22H23F6N3O4. The van der Waals surface area contributed by atoms with Crippen LogP contribution in [0.3, 0.4) is 0 Å². The Bertz CT molecular complexity index is 1100. The van der Waals surface area contributed by atoms with Crippen LogP contribution < -0.4 is 15.8 Å². The number of hydrogen-bond donors (Lipinski definition) is 3. The van der Waals surface area contributed by atoms with E-state index in [4.69, 9.17) is 10.5 Å². The Morgan fingerprint density at radius 1 is 1.31 bits per heavy atom. The van der Waals surface area contributed by atoms with Crippen LogP contribution in [0.25, 0.3) is 0 Å². The molecule has 1 unspecified atom stereocenters. The van der Waals surface area contributed by atoms with E-state index in [-0.39, 0.29) is 22.5 Å². The van der Waals surface area contributed by atoms with E-state index in [1.807, 2.05) is 0 Å². The molecule has 13 heteroatoms. The molecule has 0 saturated carbocycles. The lowest BCUT2D eigenvalue weighted by Gasteiger charge is -2.32. The Balaban J connectivity index is 2.10. The van der Waals surface area contributed by atoms with Crippen LogP contribution >= 0.6 is 0 Å². The maximum absolute atomic E-state index is 14.1. The van der Waals surface area contributed by atoms with Crippen molar-refractivity contribution in [1.29, 1.82) is 0 Å². The number of pyridine rings is 1. The number of anilines is 1. The van der Waals surface area contributed by atoms with Crippen molar-refractivity contribution in [2.45, 2.75) is 57.4 Å². The van der Waals surface area contributed by atoms with Gasteiger partial charge < -0.3 is 25.6 Å². The molecule has 7 nitrogen and oxygen atoms in total. The summed E-state index contributed by atoms with van der Waals surface area (Å²) < 4.78 is 92.2. The van der Waals surface area contributed by atoms with Crippen molar-refractivity contribution >= 4 is 11.6 Å². The van der Waals surface area contributed by atoms with Gasteiger partial charge in [0, 0.05) is 34.8 Å². The van der Waals surface area contributed by atoms with E-state index in [0.717, 1.165) is 32.9 Å². The van der Waals surface area contributed by atoms with Crippen LogP contribution in [-0.4, -0.2) is 40.5 Å². The van der Waals surface area contributed by atoms with Crippen molar-refractivity contribution in [1.82, 2.24) is 4.98 Å². The second-order valence-corrected chi connectivity index (χ2v) is 8.33. The zero-order valence-electron chi connectivity index (χ0n) is 18.7. The highest BCUT2D eigenvalue weighted by Crippen LogP contribution is 2.55. The molecule has 1 aromatic carbocycles. The largest absolute Gasteiger partial charge is 0.434 e. The molecule has 0 aliphatic carbocycles. The third-order valence-electron chi connectivity index (χ3n) is 6.21. The lowest BCUT2D eigenvalue weighted by molar-refractivity contribution is -0.272. The smallest absolute Gasteiger partial charge is 0.417 e. The van der Waals surface area contributed by atoms with Crippen molar-refractivity contribution in [3.63, 3.8) is 0 Å². The second-order valence-electron chi connectivity index (χ2n) is 8.33. The van der Waals surface area contributed by atoms with Gasteiger partial charge in [-0.05, 0) is 32.0 Å². The number of aliphatic hydroxyl groups excluding tert-OH is 1. The van der Waals surface area contributed by atoms with Crippen molar-refractivity contribution in [3.8, 4) is 5.75 Å². The van der Waals surface area contributed by atoms with E-state index in [1.165, 1.54) is 18.3 Å². The summed E-state index contributed by atoms with van der Waals surface area (Å²) in [6.07, 6.45) is -7.05. The third kappa shape index (κ3) is 5.07. The molecular weight excluding hydrogens is 484 g/mol. The number of rotatable bonds is 6. The van der Waals surface area contributed by atoms with Gasteiger partial charge in [-0.15, -0.1) is 0 Å². The number of aliphatic hydroxyl groups is 1. The molecule has 1 aliphatic heterocycles. The van der Waals surface area contributed by atoms with Gasteiger partial charge in [-0.1, -0.05) is 13.0 Å². The number of alkyl halides is 5. The molecule has 4 N–H and O–H groups in total. The maximum Gasteiger partial charge on any atom is 0.417 e. The van der Waals surface area contributed by atoms with Crippen LogP contribution in [0.4, 0.5) is 32.0 Å². The third-order valence-corrected chi connectivity index (χ3v) is 6.21. The average Bonchev–Trinajstić information content (AvgIpc) is 3.04. The SMILES string of the molecule is Cc1c(F)ccc([C@@H]2[C@@H](C(=O)Nc3ccnc(C(N)O)c3)O[C@](C)(C(F)(F)F)[C@@H]2C)c1OC(F)F. The minimum atomic E-state index is -4.94. The summed E-state index contributed by atoms with van der Waals surface area (Å²) in [5.74, 6) is -5.54. The highest BCUT2D eigenvalue weighted by molar-refractivity contribution is 5.95. The number of ether oxygens (including phenoxy) is 2. The molecule has 1 aliphatic rings. The first-order valence-corrected chi connectivity index (χ1v) is 10.4. The van der Waals surface area contributed by atoms with Crippen molar-refractivity contribution in [2.75, 3.05) is 5.32 Å². The minimum Gasteiger partial charge on any atom is -0.434 e. The fraction of sp³-hybridized carbons (Fsp3) is 0.455. The van der Waals surface area contributed by atoms with Crippen LogP contribution in [0, 0.1) is 18.7 Å². The molecule has 1 saturated heterocycles. The molecule has 2 aromatic rings. The number of nitrogens with two attached hydrogens (primary N) is 1. The first kappa shape index (κ1) is 26.7. The van der Waals surface area contributed by atoms with Gasteiger partial charge in [-0.2, -0.15) is 22.0 Å². The Labute approximate surface area is 196 Å². The number of benzene rings is 1. The molecule has 0 bridgehead atoms. The van der Waals surface area contributed by atoms with Crippen LogP contribution in [0.2, 0.25) is 0 Å². The van der Waals surface area contributed by atoms with Crippen LogP contribution in [0.5, 0.6) is 5.75 Å². The minimum absolute atomic E-state index is 0.0260. The first-order valence-electron chi connectivity index (χ1n) is 10.4. The fourth-order valence-electron chi connectivity index (χ4n) is 4.12. The van der Waals surface area contributed by atoms with E-state index in [0.29, 0.717) is 0 Å². The summed E-state index contributed by atoms with van der Waals surface area (Å²) in [7, 11) is 0. The lowest BCUT2D eigenvalue weighted by atomic mass is 9.76. The highest BCUT2D eigenvalue weighted by Gasteiger charge is 2.65. The standard InChI is InChI=1S/C22H23F6N3O4/c1-9-13(23)5-4-12(16(9)34-20(24)25)15-10(2)21(3,22(26,27)28)35-17(15)19(33)31-11-6-7-30-14(8-11)18(29)32/h4-8,10,15,17-18,20,32H,29H2,1-3H3,(H,30,31,33)/t10-,15-,17+,18?,21+/m1/s1. The molecule has 1 amide bonds.